The third-order valence-corrected chi connectivity index (χ3v) is 5.54. The molecule has 0 spiro atoms. The topological polar surface area (TPSA) is 105 Å². The van der Waals surface area contributed by atoms with Crippen molar-refractivity contribution < 1.29 is 14.4 Å². The summed E-state index contributed by atoms with van der Waals surface area (Å²) in [4.78, 5) is 36.9. The number of fused-ring (bicyclic) bond motifs is 1. The summed E-state index contributed by atoms with van der Waals surface area (Å²) in [6.45, 7) is 0.00804. The molecule has 1 fully saturated rings. The third kappa shape index (κ3) is 4.18. The number of benzene rings is 2. The number of carbonyl (C=O) groups excluding carboxylic acids is 3. The Labute approximate surface area is 185 Å². The lowest BCUT2D eigenvalue weighted by molar-refractivity contribution is -0.139. The first-order chi connectivity index (χ1) is 15.4. The van der Waals surface area contributed by atoms with Crippen molar-refractivity contribution in [1.82, 2.24) is 25.7 Å². The molecule has 4 rings (SSSR count). The second-order valence-corrected chi connectivity index (χ2v) is 7.80. The van der Waals surface area contributed by atoms with Crippen LogP contribution >= 0.6 is 0 Å². The lowest BCUT2D eigenvalue weighted by Crippen LogP contribution is -2.40. The van der Waals surface area contributed by atoms with Crippen LogP contribution in [0.2, 0.25) is 0 Å². The predicted octanol–water partition coefficient (Wildman–Crippen LogP) is 1.36. The molecule has 2 aromatic carbocycles. The van der Waals surface area contributed by atoms with Crippen LogP contribution in [0.1, 0.15) is 34.3 Å². The zero-order chi connectivity index (χ0) is 22.7. The minimum atomic E-state index is -0.814. The Balaban J connectivity index is 1.50. The Hall–Kier alpha value is -4.12. The first-order valence-electron chi connectivity index (χ1n) is 10.3. The highest BCUT2D eigenvalue weighted by Crippen LogP contribution is 2.48. The molecule has 0 unspecified atom stereocenters. The quantitative estimate of drug-likeness (QED) is 0.406. The van der Waals surface area contributed by atoms with Gasteiger partial charge < -0.3 is 16.0 Å². The normalized spacial score (nSPS) is 13.8. The van der Waals surface area contributed by atoms with Crippen molar-refractivity contribution in [3.8, 4) is 12.3 Å². The van der Waals surface area contributed by atoms with Crippen molar-refractivity contribution in [2.24, 2.45) is 7.05 Å². The first-order valence-corrected chi connectivity index (χ1v) is 10.3. The minimum absolute atomic E-state index is 0.0307. The number of carbonyl (C=O) groups is 3. The molecular formula is C24H23N5O3. The Kier molecular flexibility index (Phi) is 5.65. The maximum Gasteiger partial charge on any atom is 0.310 e. The summed E-state index contributed by atoms with van der Waals surface area (Å²) in [7, 11) is 1.87. The SMILES string of the molecule is C#CCNC(=O)C(=O)NCc1ccccc1C(=O)NC1(c2cccc3nn(C)cc23)CC1. The number of hydrogen-bond donors (Lipinski definition) is 3. The lowest BCUT2D eigenvalue weighted by atomic mass is 9.99. The smallest absolute Gasteiger partial charge is 0.310 e. The van der Waals surface area contributed by atoms with E-state index in [-0.39, 0.29) is 19.0 Å². The van der Waals surface area contributed by atoms with Crippen LogP contribution in [0.15, 0.2) is 48.7 Å². The molecule has 3 N–H and O–H groups in total. The van der Waals surface area contributed by atoms with Crippen LogP contribution in [0.3, 0.4) is 0 Å². The number of nitrogens with zero attached hydrogens (tertiary/aromatic N) is 2. The highest BCUT2D eigenvalue weighted by molar-refractivity contribution is 6.35. The van der Waals surface area contributed by atoms with E-state index in [1.54, 1.807) is 28.9 Å². The molecule has 3 aromatic rings. The maximum atomic E-state index is 13.2. The van der Waals surface area contributed by atoms with Gasteiger partial charge in [0.25, 0.3) is 5.91 Å². The molecule has 0 atom stereocenters. The first kappa shape index (κ1) is 21.1. The molecule has 0 bridgehead atoms. The highest BCUT2D eigenvalue weighted by Gasteiger charge is 2.47. The summed E-state index contributed by atoms with van der Waals surface area (Å²) in [5.74, 6) is 0.382. The monoisotopic (exact) mass is 429 g/mol. The fraction of sp³-hybridized carbons (Fsp3) is 0.250. The van der Waals surface area contributed by atoms with Gasteiger partial charge in [0, 0.05) is 30.7 Å². The van der Waals surface area contributed by atoms with Crippen LogP contribution in [0, 0.1) is 12.3 Å². The molecule has 0 saturated heterocycles. The zero-order valence-electron chi connectivity index (χ0n) is 17.6. The van der Waals surface area contributed by atoms with Gasteiger partial charge in [-0.05, 0) is 36.1 Å². The van der Waals surface area contributed by atoms with E-state index < -0.39 is 17.4 Å². The summed E-state index contributed by atoms with van der Waals surface area (Å²) >= 11 is 0. The van der Waals surface area contributed by atoms with Crippen molar-refractivity contribution in [1.29, 1.82) is 0 Å². The number of rotatable bonds is 6. The fourth-order valence-electron chi connectivity index (χ4n) is 3.81. The zero-order valence-corrected chi connectivity index (χ0v) is 17.6. The summed E-state index contributed by atoms with van der Waals surface area (Å²) in [6, 6.07) is 12.9. The van der Waals surface area contributed by atoms with Gasteiger partial charge in [-0.1, -0.05) is 36.3 Å². The molecule has 0 radical (unpaired) electrons. The standard InChI is InChI=1S/C24H23N5O3/c1-3-13-25-22(31)23(32)26-14-16-7-4-5-8-17(16)21(30)27-24(11-12-24)19-9-6-10-20-18(19)15-29(2)28-20/h1,4-10,15H,11-14H2,2H3,(H,25,31)(H,26,32)(H,27,30). The number of aromatic nitrogens is 2. The van der Waals surface area contributed by atoms with Gasteiger partial charge in [-0.25, -0.2) is 0 Å². The van der Waals surface area contributed by atoms with Gasteiger partial charge in [0.2, 0.25) is 0 Å². The van der Waals surface area contributed by atoms with Crippen LogP contribution in [0.25, 0.3) is 10.9 Å². The van der Waals surface area contributed by atoms with Gasteiger partial charge in [-0.3, -0.25) is 19.1 Å². The van der Waals surface area contributed by atoms with Crippen LogP contribution in [0.4, 0.5) is 0 Å². The van der Waals surface area contributed by atoms with Crippen molar-refractivity contribution >= 4 is 28.6 Å². The van der Waals surface area contributed by atoms with Crippen LogP contribution in [0.5, 0.6) is 0 Å². The molecule has 8 nitrogen and oxygen atoms in total. The number of nitrogens with one attached hydrogen (secondary N) is 3. The van der Waals surface area contributed by atoms with E-state index in [1.807, 2.05) is 31.4 Å². The fourth-order valence-corrected chi connectivity index (χ4v) is 3.81. The van der Waals surface area contributed by atoms with Gasteiger partial charge in [0.05, 0.1) is 17.6 Å². The molecule has 162 valence electrons. The predicted molar refractivity (Wildman–Crippen MR) is 119 cm³/mol. The molecule has 8 heteroatoms. The van der Waals surface area contributed by atoms with Gasteiger partial charge in [0.1, 0.15) is 0 Å². The summed E-state index contributed by atoms with van der Waals surface area (Å²) in [5, 5.41) is 13.5. The molecule has 1 saturated carbocycles. The molecule has 1 aliphatic carbocycles. The van der Waals surface area contributed by atoms with Crippen molar-refractivity contribution in [2.75, 3.05) is 6.54 Å². The van der Waals surface area contributed by atoms with Crippen molar-refractivity contribution in [3.05, 3.63) is 65.4 Å². The number of aryl methyl sites for hydroxylation is 1. The summed E-state index contributed by atoms with van der Waals surface area (Å²) < 4.78 is 1.77. The van der Waals surface area contributed by atoms with Crippen LogP contribution in [-0.2, 0) is 28.7 Å². The van der Waals surface area contributed by atoms with Crippen LogP contribution < -0.4 is 16.0 Å². The third-order valence-electron chi connectivity index (χ3n) is 5.54. The van der Waals surface area contributed by atoms with E-state index in [9.17, 15) is 14.4 Å². The molecule has 0 aliphatic heterocycles. The van der Waals surface area contributed by atoms with E-state index >= 15 is 0 Å². The average molecular weight is 429 g/mol. The molecular weight excluding hydrogens is 406 g/mol. The van der Waals surface area contributed by atoms with Crippen molar-refractivity contribution in [2.45, 2.75) is 24.9 Å². The summed E-state index contributed by atoms with van der Waals surface area (Å²) in [5.41, 5.74) is 2.55. The number of hydrogen-bond acceptors (Lipinski definition) is 4. The lowest BCUT2D eigenvalue weighted by Gasteiger charge is -2.20. The molecule has 1 heterocycles. The number of amides is 3. The Bertz CT molecular complexity index is 1250. The van der Waals surface area contributed by atoms with Gasteiger partial charge in [0.15, 0.2) is 0 Å². The van der Waals surface area contributed by atoms with E-state index in [0.717, 1.165) is 29.3 Å². The average Bonchev–Trinajstić information content (AvgIpc) is 3.46. The molecule has 1 aliphatic rings. The number of terminal acetylenes is 1. The maximum absolute atomic E-state index is 13.2. The molecule has 3 amide bonds. The van der Waals surface area contributed by atoms with Crippen molar-refractivity contribution in [3.63, 3.8) is 0 Å². The summed E-state index contributed by atoms with van der Waals surface area (Å²) in [6.07, 6.45) is 8.71. The highest BCUT2D eigenvalue weighted by atomic mass is 16.2. The second kappa shape index (κ2) is 8.55. The van der Waals surface area contributed by atoms with Gasteiger partial charge in [-0.15, -0.1) is 6.42 Å². The largest absolute Gasteiger partial charge is 0.344 e. The van der Waals surface area contributed by atoms with E-state index in [4.69, 9.17) is 6.42 Å². The van der Waals surface area contributed by atoms with Crippen LogP contribution in [-0.4, -0.2) is 34.0 Å². The van der Waals surface area contributed by atoms with Gasteiger partial charge >= 0.3 is 11.8 Å². The minimum Gasteiger partial charge on any atom is -0.344 e. The Morgan fingerprint density at radius 2 is 1.84 bits per heavy atom. The van der Waals surface area contributed by atoms with E-state index in [2.05, 4.69) is 27.0 Å². The Morgan fingerprint density at radius 1 is 1.09 bits per heavy atom. The molecule has 32 heavy (non-hydrogen) atoms. The van der Waals surface area contributed by atoms with E-state index in [0.29, 0.717) is 11.1 Å². The molecule has 1 aromatic heterocycles. The Morgan fingerprint density at radius 3 is 2.59 bits per heavy atom. The van der Waals surface area contributed by atoms with Gasteiger partial charge in [-0.2, -0.15) is 5.10 Å². The second-order valence-electron chi connectivity index (χ2n) is 7.80. The van der Waals surface area contributed by atoms with E-state index in [1.165, 1.54) is 0 Å².